The van der Waals surface area contributed by atoms with Gasteiger partial charge in [0.2, 0.25) is 17.0 Å². The summed E-state index contributed by atoms with van der Waals surface area (Å²) in [5.74, 6) is 1.92. The molecule has 3 aromatic rings. The Morgan fingerprint density at radius 3 is 2.58 bits per heavy atom. The number of allylic oxidation sites excluding steroid dienone is 1. The second kappa shape index (κ2) is 8.73. The maximum Gasteiger partial charge on any atom is 0.248 e. The van der Waals surface area contributed by atoms with Crippen molar-refractivity contribution in [3.05, 3.63) is 70.9 Å². The van der Waals surface area contributed by atoms with E-state index >= 15 is 0 Å². The van der Waals surface area contributed by atoms with Gasteiger partial charge in [-0.05, 0) is 30.2 Å². The van der Waals surface area contributed by atoms with Crippen LogP contribution in [0.15, 0.2) is 65.0 Å². The number of primary amides is 1. The average molecular weight is 438 g/mol. The minimum absolute atomic E-state index is 0.421. The van der Waals surface area contributed by atoms with E-state index in [2.05, 4.69) is 27.5 Å². The van der Waals surface area contributed by atoms with Gasteiger partial charge in [-0.25, -0.2) is 4.68 Å². The van der Waals surface area contributed by atoms with Crippen LogP contribution in [0, 0.1) is 0 Å². The van der Waals surface area contributed by atoms with Crippen molar-refractivity contribution in [2.24, 2.45) is 5.73 Å². The van der Waals surface area contributed by atoms with Crippen molar-refractivity contribution in [3.63, 3.8) is 0 Å². The van der Waals surface area contributed by atoms with Crippen molar-refractivity contribution in [2.75, 3.05) is 19.5 Å². The van der Waals surface area contributed by atoms with Crippen LogP contribution in [0.2, 0.25) is 0 Å². The number of nitrogens with zero attached hydrogens (tertiary/aromatic N) is 3. The summed E-state index contributed by atoms with van der Waals surface area (Å²) in [6.07, 6.45) is 0. The summed E-state index contributed by atoms with van der Waals surface area (Å²) in [6.45, 7) is 1.81. The summed E-state index contributed by atoms with van der Waals surface area (Å²) < 4.78 is 12.5. The molecule has 8 nitrogen and oxygen atoms in total. The highest BCUT2D eigenvalue weighted by Crippen LogP contribution is 2.39. The highest BCUT2D eigenvalue weighted by atomic mass is 32.2. The van der Waals surface area contributed by atoms with Crippen LogP contribution in [0.5, 0.6) is 11.5 Å². The molecule has 0 aliphatic carbocycles. The second-order valence-corrected chi connectivity index (χ2v) is 7.92. The molecule has 0 bridgehead atoms. The molecule has 31 heavy (non-hydrogen) atoms. The van der Waals surface area contributed by atoms with Crippen LogP contribution in [0.25, 0.3) is 0 Å². The van der Waals surface area contributed by atoms with Gasteiger partial charge in [-0.15, -0.1) is 5.10 Å². The highest BCUT2D eigenvalue weighted by Gasteiger charge is 2.33. The summed E-state index contributed by atoms with van der Waals surface area (Å²) in [4.78, 5) is 17.0. The predicted octanol–water partition coefficient (Wildman–Crippen LogP) is 3.36. The molecule has 1 aromatic heterocycles. The lowest BCUT2D eigenvalue weighted by Gasteiger charge is -2.28. The third kappa shape index (κ3) is 4.09. The lowest BCUT2D eigenvalue weighted by atomic mass is 9.95. The molecule has 4 rings (SSSR count). The lowest BCUT2D eigenvalue weighted by Crippen LogP contribution is -2.31. The molecule has 2 heterocycles. The number of methoxy groups -OCH3 is 2. The molecule has 0 fully saturated rings. The van der Waals surface area contributed by atoms with E-state index in [1.54, 1.807) is 25.0 Å². The first kappa shape index (κ1) is 20.8. The highest BCUT2D eigenvalue weighted by molar-refractivity contribution is 7.98. The van der Waals surface area contributed by atoms with Crippen LogP contribution in [0.1, 0.15) is 24.1 Å². The number of benzene rings is 2. The number of ether oxygens (including phenoxy) is 2. The van der Waals surface area contributed by atoms with Gasteiger partial charge < -0.3 is 20.5 Å². The SMILES string of the molecule is COc1ccc([C@H]2C(C(N)=O)=C(C)Nc3nc(SCc4ccccc4)nn32)cc1OC. The summed E-state index contributed by atoms with van der Waals surface area (Å²) >= 11 is 1.53. The van der Waals surface area contributed by atoms with Crippen molar-refractivity contribution in [1.29, 1.82) is 0 Å². The maximum absolute atomic E-state index is 12.4. The standard InChI is InChI=1S/C22H23N5O3S/c1-13-18(20(23)28)19(15-9-10-16(29-2)17(11-15)30-3)27-21(24-13)25-22(26-27)31-12-14-7-5-4-6-8-14/h4-11,19H,12H2,1-3H3,(H2,23,28)(H,24,25,26)/t19-/m0/s1. The molecule has 0 saturated carbocycles. The number of nitrogens with two attached hydrogens (primary N) is 1. The smallest absolute Gasteiger partial charge is 0.248 e. The molecule has 1 atom stereocenters. The van der Waals surface area contributed by atoms with Gasteiger partial charge in [0, 0.05) is 11.4 Å². The van der Waals surface area contributed by atoms with Gasteiger partial charge in [0.15, 0.2) is 11.5 Å². The Bertz CT molecular complexity index is 1140. The molecule has 0 saturated heterocycles. The summed E-state index contributed by atoms with van der Waals surface area (Å²) in [6, 6.07) is 15.1. The summed E-state index contributed by atoms with van der Waals surface area (Å²) in [5, 5.41) is 8.45. The van der Waals surface area contributed by atoms with Gasteiger partial charge >= 0.3 is 0 Å². The number of rotatable bonds is 7. The minimum atomic E-state index is -0.535. The van der Waals surface area contributed by atoms with E-state index in [0.717, 1.165) is 11.3 Å². The first-order chi connectivity index (χ1) is 15.0. The molecule has 9 heteroatoms. The Morgan fingerprint density at radius 2 is 1.90 bits per heavy atom. The van der Waals surface area contributed by atoms with E-state index < -0.39 is 11.9 Å². The van der Waals surface area contributed by atoms with Gasteiger partial charge in [0.05, 0.1) is 19.8 Å². The third-order valence-electron chi connectivity index (χ3n) is 5.03. The molecular formula is C22H23N5O3S. The Hall–Kier alpha value is -3.46. The van der Waals surface area contributed by atoms with Crippen molar-refractivity contribution in [2.45, 2.75) is 23.9 Å². The molecule has 0 radical (unpaired) electrons. The number of aromatic nitrogens is 3. The normalized spacial score (nSPS) is 15.3. The zero-order chi connectivity index (χ0) is 22.0. The van der Waals surface area contributed by atoms with Crippen LogP contribution >= 0.6 is 11.8 Å². The van der Waals surface area contributed by atoms with Gasteiger partial charge in [-0.3, -0.25) is 4.79 Å². The van der Waals surface area contributed by atoms with Gasteiger partial charge in [0.1, 0.15) is 6.04 Å². The van der Waals surface area contributed by atoms with E-state index in [9.17, 15) is 4.79 Å². The first-order valence-electron chi connectivity index (χ1n) is 9.64. The average Bonchev–Trinajstić information content (AvgIpc) is 3.19. The Balaban J connectivity index is 1.73. The molecule has 3 N–H and O–H groups in total. The van der Waals surface area contributed by atoms with E-state index in [0.29, 0.717) is 33.9 Å². The topological polar surface area (TPSA) is 104 Å². The maximum atomic E-state index is 12.4. The molecule has 0 spiro atoms. The monoisotopic (exact) mass is 437 g/mol. The van der Waals surface area contributed by atoms with Crippen LogP contribution in [-0.4, -0.2) is 34.9 Å². The second-order valence-electron chi connectivity index (χ2n) is 6.98. The number of nitrogens with one attached hydrogen (secondary N) is 1. The van der Waals surface area contributed by atoms with E-state index in [1.165, 1.54) is 17.3 Å². The van der Waals surface area contributed by atoms with Gasteiger partial charge in [-0.1, -0.05) is 48.2 Å². The zero-order valence-electron chi connectivity index (χ0n) is 17.5. The number of hydrogen-bond acceptors (Lipinski definition) is 7. The number of hydrogen-bond donors (Lipinski definition) is 2. The van der Waals surface area contributed by atoms with Crippen LogP contribution in [0.4, 0.5) is 5.95 Å². The van der Waals surface area contributed by atoms with E-state index in [-0.39, 0.29) is 0 Å². The van der Waals surface area contributed by atoms with Crippen LogP contribution in [0.3, 0.4) is 0 Å². The van der Waals surface area contributed by atoms with Gasteiger partial charge in [0.25, 0.3) is 0 Å². The number of anilines is 1. The Labute approximate surface area is 184 Å². The Kier molecular flexibility index (Phi) is 5.85. The van der Waals surface area contributed by atoms with Gasteiger partial charge in [-0.2, -0.15) is 4.98 Å². The number of carbonyl (C=O) groups excluding carboxylic acids is 1. The predicted molar refractivity (Wildman–Crippen MR) is 119 cm³/mol. The number of carbonyl (C=O) groups is 1. The number of amides is 1. The van der Waals surface area contributed by atoms with Crippen molar-refractivity contribution < 1.29 is 14.3 Å². The molecular weight excluding hydrogens is 414 g/mol. The van der Waals surface area contributed by atoms with E-state index in [4.69, 9.17) is 15.2 Å². The van der Waals surface area contributed by atoms with Crippen molar-refractivity contribution in [3.8, 4) is 11.5 Å². The fraction of sp³-hybridized carbons (Fsp3) is 0.227. The third-order valence-corrected chi connectivity index (χ3v) is 5.94. The summed E-state index contributed by atoms with van der Waals surface area (Å²) in [5.41, 5.74) is 8.78. The largest absolute Gasteiger partial charge is 0.493 e. The molecule has 1 aliphatic rings. The molecule has 2 aromatic carbocycles. The Morgan fingerprint density at radius 1 is 1.16 bits per heavy atom. The lowest BCUT2D eigenvalue weighted by molar-refractivity contribution is -0.115. The van der Waals surface area contributed by atoms with E-state index in [1.807, 2.05) is 37.3 Å². The molecule has 160 valence electrons. The van der Waals surface area contributed by atoms with Crippen molar-refractivity contribution >= 4 is 23.6 Å². The van der Waals surface area contributed by atoms with Crippen molar-refractivity contribution in [1.82, 2.24) is 14.8 Å². The fourth-order valence-electron chi connectivity index (χ4n) is 3.56. The molecule has 1 aliphatic heterocycles. The first-order valence-corrected chi connectivity index (χ1v) is 10.6. The fourth-order valence-corrected chi connectivity index (χ4v) is 4.35. The van der Waals surface area contributed by atoms with Crippen LogP contribution in [-0.2, 0) is 10.5 Å². The minimum Gasteiger partial charge on any atom is -0.493 e. The zero-order valence-corrected chi connectivity index (χ0v) is 18.3. The quantitative estimate of drug-likeness (QED) is 0.546. The number of thioether (sulfide) groups is 1. The van der Waals surface area contributed by atoms with Crippen LogP contribution < -0.4 is 20.5 Å². The molecule has 0 unspecified atom stereocenters. The molecule has 1 amide bonds. The summed E-state index contributed by atoms with van der Waals surface area (Å²) in [7, 11) is 3.14. The number of fused-ring (bicyclic) bond motifs is 1.